The summed E-state index contributed by atoms with van der Waals surface area (Å²) >= 11 is 6.32. The number of rotatable bonds is 12. The number of nitrogens with zero attached hydrogens (tertiary/aromatic N) is 2. The Balaban J connectivity index is 1.32. The second-order valence-electron chi connectivity index (χ2n) is 14.4. The van der Waals surface area contributed by atoms with Crippen LogP contribution in [0.15, 0.2) is 61.3 Å². The molecule has 1 aliphatic heterocycles. The summed E-state index contributed by atoms with van der Waals surface area (Å²) in [5.74, 6) is -2.40. The van der Waals surface area contributed by atoms with Crippen molar-refractivity contribution >= 4 is 55.8 Å². The van der Waals surface area contributed by atoms with Crippen LogP contribution in [0.3, 0.4) is 0 Å². The Morgan fingerprint density at radius 3 is 2.51 bits per heavy atom. The number of anilines is 1. The van der Waals surface area contributed by atoms with Crippen LogP contribution in [0.2, 0.25) is 5.02 Å². The molecule has 272 valence electrons. The van der Waals surface area contributed by atoms with Gasteiger partial charge in [0, 0.05) is 28.1 Å². The molecule has 1 saturated heterocycles. The molecule has 3 fully saturated rings. The number of aromatic nitrogens is 1. The van der Waals surface area contributed by atoms with E-state index in [9.17, 15) is 27.2 Å². The van der Waals surface area contributed by atoms with E-state index < -0.39 is 73.9 Å². The van der Waals surface area contributed by atoms with Gasteiger partial charge in [-0.25, -0.2) is 17.8 Å². The number of hydrogen-bond donors (Lipinski definition) is 3. The van der Waals surface area contributed by atoms with Gasteiger partial charge in [-0.3, -0.25) is 19.1 Å². The lowest BCUT2D eigenvalue weighted by atomic mass is 9.85. The number of carbonyl (C=O) groups is 3. The zero-order chi connectivity index (χ0) is 36.9. The molecule has 0 radical (unpaired) electrons. The molecule has 2 heterocycles. The van der Waals surface area contributed by atoms with Crippen LogP contribution in [-0.4, -0.2) is 78.7 Å². The van der Waals surface area contributed by atoms with Crippen LogP contribution in [0.5, 0.6) is 11.6 Å². The first-order chi connectivity index (χ1) is 24.1. The first-order valence-corrected chi connectivity index (χ1v) is 18.6. The number of sulfonamides is 1. The Labute approximate surface area is 301 Å². The highest BCUT2D eigenvalue weighted by Gasteiger charge is 2.62. The predicted octanol–water partition coefficient (Wildman–Crippen LogP) is 4.58. The van der Waals surface area contributed by atoms with E-state index >= 15 is 0 Å². The molecule has 1 unspecified atom stereocenters. The smallest absolute Gasteiger partial charge is 0.259 e. The summed E-state index contributed by atoms with van der Waals surface area (Å²) in [6.45, 7) is 9.16. The van der Waals surface area contributed by atoms with Gasteiger partial charge in [0.2, 0.25) is 27.7 Å². The fraction of sp³-hybridized carbons (Fsp3) is 0.444. The Morgan fingerprint density at radius 1 is 1.16 bits per heavy atom. The summed E-state index contributed by atoms with van der Waals surface area (Å²) in [5.41, 5.74) is -2.20. The maximum absolute atomic E-state index is 14.8. The van der Waals surface area contributed by atoms with Crippen LogP contribution in [0.1, 0.15) is 46.5 Å². The van der Waals surface area contributed by atoms with Gasteiger partial charge in [-0.05, 0) is 55.0 Å². The van der Waals surface area contributed by atoms with Crippen molar-refractivity contribution in [2.75, 3.05) is 19.0 Å². The van der Waals surface area contributed by atoms with Crippen LogP contribution in [0, 0.1) is 17.2 Å². The largest absolute Gasteiger partial charge is 0.494 e. The van der Waals surface area contributed by atoms with Crippen molar-refractivity contribution in [1.29, 1.82) is 0 Å². The highest BCUT2D eigenvalue weighted by Crippen LogP contribution is 2.46. The number of nitrogens with one attached hydrogen (secondary N) is 3. The number of carbonyl (C=O) groups excluding carboxylic acids is 3. The van der Waals surface area contributed by atoms with E-state index in [1.165, 1.54) is 42.5 Å². The normalized spacial score (nSPS) is 23.6. The van der Waals surface area contributed by atoms with Crippen molar-refractivity contribution in [3.63, 3.8) is 0 Å². The highest BCUT2D eigenvalue weighted by atomic mass is 35.5. The van der Waals surface area contributed by atoms with E-state index in [1.54, 1.807) is 24.3 Å². The van der Waals surface area contributed by atoms with Gasteiger partial charge in [-0.1, -0.05) is 50.6 Å². The Morgan fingerprint density at radius 2 is 1.88 bits per heavy atom. The molecule has 3 aromatic rings. The number of amides is 3. The van der Waals surface area contributed by atoms with Crippen LogP contribution < -0.4 is 24.8 Å². The van der Waals surface area contributed by atoms with Crippen LogP contribution in [0.4, 0.5) is 10.1 Å². The van der Waals surface area contributed by atoms with Crippen molar-refractivity contribution < 1.29 is 36.7 Å². The average molecular weight is 742 g/mol. The monoisotopic (exact) mass is 741 g/mol. The fourth-order valence-electron chi connectivity index (χ4n) is 6.52. The molecule has 51 heavy (non-hydrogen) atoms. The Hall–Kier alpha value is -4.43. The molecule has 3 aliphatic rings. The first-order valence-electron chi connectivity index (χ1n) is 16.7. The SMILES string of the molecule is C=C[C@@H]1C[C@]1(NC(=O)[C@@H]1C[C@@H](Oc2ncc(OC)c3ccc(Cl)cc23)CN1C(=O)C(Nc1ccccc1F)C(C)(C)C)C(=O)NS(=O)(=O)C1CC1. The van der Waals surface area contributed by atoms with Gasteiger partial charge in [0.1, 0.15) is 35.3 Å². The molecular weight excluding hydrogens is 701 g/mol. The molecule has 2 aromatic carbocycles. The minimum Gasteiger partial charge on any atom is -0.494 e. The average Bonchev–Trinajstić information content (AvgIpc) is 4.00. The van der Waals surface area contributed by atoms with E-state index in [2.05, 4.69) is 26.9 Å². The third kappa shape index (κ3) is 7.34. The summed E-state index contributed by atoms with van der Waals surface area (Å²) in [5, 5.41) is 6.86. The summed E-state index contributed by atoms with van der Waals surface area (Å²) in [6, 6.07) is 8.99. The summed E-state index contributed by atoms with van der Waals surface area (Å²) in [4.78, 5) is 48.1. The zero-order valence-corrected chi connectivity index (χ0v) is 30.3. The lowest BCUT2D eigenvalue weighted by Crippen LogP contribution is -2.58. The van der Waals surface area contributed by atoms with E-state index in [1.807, 2.05) is 20.8 Å². The molecule has 3 N–H and O–H groups in total. The number of ether oxygens (including phenoxy) is 2. The number of hydrogen-bond acceptors (Lipinski definition) is 9. The molecule has 2 saturated carbocycles. The Bertz CT molecular complexity index is 2000. The molecule has 0 spiro atoms. The van der Waals surface area contributed by atoms with Crippen LogP contribution >= 0.6 is 11.6 Å². The van der Waals surface area contributed by atoms with Crippen molar-refractivity contribution in [2.24, 2.45) is 11.3 Å². The number of methoxy groups -OCH3 is 1. The lowest BCUT2D eigenvalue weighted by Gasteiger charge is -2.36. The van der Waals surface area contributed by atoms with Gasteiger partial charge >= 0.3 is 0 Å². The molecular formula is C36H41ClFN5O7S. The van der Waals surface area contributed by atoms with Gasteiger partial charge in [-0.15, -0.1) is 6.58 Å². The molecule has 0 bridgehead atoms. The van der Waals surface area contributed by atoms with E-state index in [4.69, 9.17) is 21.1 Å². The molecule has 3 amide bonds. The molecule has 15 heteroatoms. The van der Waals surface area contributed by atoms with Crippen molar-refractivity contribution in [3.8, 4) is 11.6 Å². The van der Waals surface area contributed by atoms with Gasteiger partial charge in [0.15, 0.2) is 0 Å². The lowest BCUT2D eigenvalue weighted by molar-refractivity contribution is -0.141. The third-order valence-electron chi connectivity index (χ3n) is 9.66. The van der Waals surface area contributed by atoms with Gasteiger partial charge < -0.3 is 25.0 Å². The predicted molar refractivity (Wildman–Crippen MR) is 190 cm³/mol. The zero-order valence-electron chi connectivity index (χ0n) is 28.7. The number of para-hydroxylation sites is 1. The van der Waals surface area contributed by atoms with E-state index in [-0.39, 0.29) is 31.0 Å². The number of likely N-dealkylation sites (tertiary alicyclic amines) is 1. The van der Waals surface area contributed by atoms with Gasteiger partial charge in [0.25, 0.3) is 5.91 Å². The maximum Gasteiger partial charge on any atom is 0.259 e. The van der Waals surface area contributed by atoms with Gasteiger partial charge in [0.05, 0.1) is 30.8 Å². The highest BCUT2D eigenvalue weighted by molar-refractivity contribution is 7.91. The maximum atomic E-state index is 14.8. The second-order valence-corrected chi connectivity index (χ2v) is 16.8. The van der Waals surface area contributed by atoms with E-state index in [0.717, 1.165) is 0 Å². The van der Waals surface area contributed by atoms with Crippen molar-refractivity contribution in [1.82, 2.24) is 19.9 Å². The van der Waals surface area contributed by atoms with Crippen molar-refractivity contribution in [2.45, 2.75) is 75.4 Å². The van der Waals surface area contributed by atoms with Gasteiger partial charge in [-0.2, -0.15) is 0 Å². The summed E-state index contributed by atoms with van der Waals surface area (Å²) < 4.78 is 54.2. The summed E-state index contributed by atoms with van der Waals surface area (Å²) in [6.07, 6.45) is 3.28. The number of benzene rings is 2. The quantitative estimate of drug-likeness (QED) is 0.226. The third-order valence-corrected chi connectivity index (χ3v) is 11.7. The number of pyridine rings is 1. The molecule has 1 aromatic heterocycles. The first kappa shape index (κ1) is 36.4. The number of halogens is 2. The van der Waals surface area contributed by atoms with Crippen LogP contribution in [0.25, 0.3) is 10.8 Å². The molecule has 6 rings (SSSR count). The topological polar surface area (TPSA) is 156 Å². The number of fused-ring (bicyclic) bond motifs is 1. The van der Waals surface area contributed by atoms with Crippen molar-refractivity contribution in [3.05, 3.63) is 72.2 Å². The molecule has 2 aliphatic carbocycles. The fourth-order valence-corrected chi connectivity index (χ4v) is 8.06. The molecule has 5 atom stereocenters. The standard InChI is InChI=1S/C36H41ClFN5O7S/c1-6-20-17-36(20,34(46)42-51(47,48)23-12-13-23)41-31(44)28-16-22(50-32-25-15-21(37)11-14-24(25)29(49-5)18-39-32)19-43(28)33(45)30(35(2,3)4)40-27-10-8-7-9-26(27)38/h6-11,14-15,18,20,22-23,28,30,40H,1,12-13,16-17,19H2,2-5H3,(H,41,44)(H,42,46)/t20-,22-,28+,30?,36-/m1/s1. The Kier molecular flexibility index (Phi) is 9.70. The molecule has 12 nitrogen and oxygen atoms in total. The van der Waals surface area contributed by atoms with E-state index in [0.29, 0.717) is 34.4 Å². The summed E-state index contributed by atoms with van der Waals surface area (Å²) in [7, 11) is -2.39. The second kappa shape index (κ2) is 13.6. The van der Waals surface area contributed by atoms with Crippen LogP contribution in [-0.2, 0) is 24.4 Å². The minimum atomic E-state index is -3.90. The minimum absolute atomic E-state index is 0.000724.